The van der Waals surface area contributed by atoms with E-state index in [0.29, 0.717) is 6.04 Å². The van der Waals surface area contributed by atoms with Crippen molar-refractivity contribution in [2.24, 2.45) is 0 Å². The Bertz CT molecular complexity index is 684. The highest BCUT2D eigenvalue weighted by Crippen LogP contribution is 2.27. The van der Waals surface area contributed by atoms with Gasteiger partial charge in [-0.15, -0.1) is 0 Å². The summed E-state index contributed by atoms with van der Waals surface area (Å²) in [6, 6.07) is 12.4. The van der Waals surface area contributed by atoms with Crippen LogP contribution in [-0.2, 0) is 12.8 Å². The van der Waals surface area contributed by atoms with Crippen molar-refractivity contribution in [1.82, 2.24) is 15.6 Å². The zero-order valence-corrected chi connectivity index (χ0v) is 13.5. The Morgan fingerprint density at radius 3 is 3.09 bits per heavy atom. The van der Waals surface area contributed by atoms with E-state index in [4.69, 9.17) is 0 Å². The summed E-state index contributed by atoms with van der Waals surface area (Å²) >= 11 is 0. The van der Waals surface area contributed by atoms with Crippen LogP contribution in [0.1, 0.15) is 46.1 Å². The first-order valence-electron chi connectivity index (χ1n) is 8.26. The summed E-state index contributed by atoms with van der Waals surface area (Å²) in [6.45, 7) is 0.899. The van der Waals surface area contributed by atoms with Crippen LogP contribution in [-0.4, -0.2) is 24.5 Å². The van der Waals surface area contributed by atoms with Gasteiger partial charge < -0.3 is 10.6 Å². The van der Waals surface area contributed by atoms with Crippen molar-refractivity contribution < 1.29 is 4.79 Å². The standard InChI is InChI=1S/C19H23N3O/c1-20-19(23)15-6-2-5-14(13-15)10-12-22-18-9-3-8-17-16(18)7-4-11-21-17/h2,4-7,11,13,18,22H,3,8-10,12H2,1H3,(H,20,23). The summed E-state index contributed by atoms with van der Waals surface area (Å²) in [5.41, 5.74) is 4.48. The van der Waals surface area contributed by atoms with Gasteiger partial charge >= 0.3 is 0 Å². The molecule has 1 heterocycles. The summed E-state index contributed by atoms with van der Waals surface area (Å²) < 4.78 is 0. The van der Waals surface area contributed by atoms with Crippen LogP contribution in [0.4, 0.5) is 0 Å². The van der Waals surface area contributed by atoms with E-state index in [2.05, 4.69) is 27.8 Å². The maximum absolute atomic E-state index is 11.7. The maximum Gasteiger partial charge on any atom is 0.251 e. The number of carbonyl (C=O) groups is 1. The van der Waals surface area contributed by atoms with Gasteiger partial charge in [0.2, 0.25) is 0 Å². The molecule has 0 aliphatic heterocycles. The molecule has 3 rings (SSSR count). The molecule has 2 N–H and O–H groups in total. The lowest BCUT2D eigenvalue weighted by atomic mass is 9.91. The Morgan fingerprint density at radius 2 is 2.22 bits per heavy atom. The lowest BCUT2D eigenvalue weighted by Gasteiger charge is -2.25. The third-order valence-corrected chi connectivity index (χ3v) is 4.43. The van der Waals surface area contributed by atoms with E-state index in [1.807, 2.05) is 30.5 Å². The van der Waals surface area contributed by atoms with Crippen molar-refractivity contribution >= 4 is 5.91 Å². The lowest BCUT2D eigenvalue weighted by Crippen LogP contribution is -2.27. The molecule has 0 radical (unpaired) electrons. The van der Waals surface area contributed by atoms with Gasteiger partial charge in [0.1, 0.15) is 0 Å². The van der Waals surface area contributed by atoms with Crippen LogP contribution in [0.2, 0.25) is 0 Å². The highest BCUT2D eigenvalue weighted by atomic mass is 16.1. The molecule has 1 atom stereocenters. The van der Waals surface area contributed by atoms with E-state index >= 15 is 0 Å². The van der Waals surface area contributed by atoms with Crippen LogP contribution in [0.15, 0.2) is 42.6 Å². The average Bonchev–Trinajstić information content (AvgIpc) is 2.61. The van der Waals surface area contributed by atoms with E-state index in [1.165, 1.54) is 23.2 Å². The van der Waals surface area contributed by atoms with Crippen molar-refractivity contribution in [3.63, 3.8) is 0 Å². The molecule has 4 nitrogen and oxygen atoms in total. The fourth-order valence-corrected chi connectivity index (χ4v) is 3.22. The predicted molar refractivity (Wildman–Crippen MR) is 91.5 cm³/mol. The molecule has 4 heteroatoms. The van der Waals surface area contributed by atoms with Crippen LogP contribution in [0, 0.1) is 0 Å². The van der Waals surface area contributed by atoms with Gasteiger partial charge in [0.05, 0.1) is 0 Å². The van der Waals surface area contributed by atoms with Gasteiger partial charge in [-0.05, 0) is 61.6 Å². The third kappa shape index (κ3) is 3.77. The average molecular weight is 309 g/mol. The van der Waals surface area contributed by atoms with Gasteiger partial charge in [0.15, 0.2) is 0 Å². The van der Waals surface area contributed by atoms with Crippen molar-refractivity contribution in [2.75, 3.05) is 13.6 Å². The van der Waals surface area contributed by atoms with E-state index in [0.717, 1.165) is 31.4 Å². The Balaban J connectivity index is 1.59. The summed E-state index contributed by atoms with van der Waals surface area (Å²) in [5.74, 6) is -0.0351. The molecule has 1 aromatic carbocycles. The number of carbonyl (C=O) groups excluding carboxylic acids is 1. The van der Waals surface area contributed by atoms with Gasteiger partial charge in [-0.3, -0.25) is 9.78 Å². The summed E-state index contributed by atoms with van der Waals surface area (Å²) in [6.07, 6.45) is 6.23. The van der Waals surface area contributed by atoms with Crippen LogP contribution >= 0.6 is 0 Å². The topological polar surface area (TPSA) is 54.0 Å². The van der Waals surface area contributed by atoms with Gasteiger partial charge in [0.25, 0.3) is 5.91 Å². The molecule has 120 valence electrons. The lowest BCUT2D eigenvalue weighted by molar-refractivity contribution is 0.0963. The van der Waals surface area contributed by atoms with Crippen molar-refractivity contribution in [1.29, 1.82) is 0 Å². The molecule has 0 spiro atoms. The Kier molecular flexibility index (Phi) is 5.03. The number of hydrogen-bond acceptors (Lipinski definition) is 3. The van der Waals surface area contributed by atoms with Crippen LogP contribution in [0.3, 0.4) is 0 Å². The van der Waals surface area contributed by atoms with Crippen molar-refractivity contribution in [3.8, 4) is 0 Å². The second kappa shape index (κ2) is 7.38. The van der Waals surface area contributed by atoms with E-state index in [-0.39, 0.29) is 5.91 Å². The van der Waals surface area contributed by atoms with Crippen molar-refractivity contribution in [3.05, 3.63) is 65.0 Å². The number of pyridine rings is 1. The minimum Gasteiger partial charge on any atom is -0.355 e. The number of benzene rings is 1. The second-order valence-corrected chi connectivity index (χ2v) is 5.97. The molecule has 1 aliphatic carbocycles. The minimum absolute atomic E-state index is 0.0351. The van der Waals surface area contributed by atoms with Crippen molar-refractivity contribution in [2.45, 2.75) is 31.7 Å². The molecule has 23 heavy (non-hydrogen) atoms. The number of amides is 1. The normalized spacial score (nSPS) is 16.7. The molecular weight excluding hydrogens is 286 g/mol. The summed E-state index contributed by atoms with van der Waals surface area (Å²) in [5, 5.41) is 6.31. The second-order valence-electron chi connectivity index (χ2n) is 5.97. The molecule has 1 aromatic heterocycles. The highest BCUT2D eigenvalue weighted by molar-refractivity contribution is 5.94. The molecular formula is C19H23N3O. The van der Waals surface area contributed by atoms with Gasteiger partial charge in [-0.25, -0.2) is 0 Å². The number of rotatable bonds is 5. The quantitative estimate of drug-likeness (QED) is 0.893. The number of fused-ring (bicyclic) bond motifs is 1. The Labute approximate surface area is 137 Å². The third-order valence-electron chi connectivity index (χ3n) is 4.43. The van der Waals surface area contributed by atoms with Gasteiger partial charge in [-0.1, -0.05) is 18.2 Å². The first-order chi connectivity index (χ1) is 11.3. The molecule has 1 unspecified atom stereocenters. The fraction of sp³-hybridized carbons (Fsp3) is 0.368. The van der Waals surface area contributed by atoms with Crippen LogP contribution in [0.25, 0.3) is 0 Å². The number of aryl methyl sites for hydroxylation is 1. The van der Waals surface area contributed by atoms with E-state index in [9.17, 15) is 4.79 Å². The number of hydrogen-bond donors (Lipinski definition) is 2. The SMILES string of the molecule is CNC(=O)c1cccc(CCNC2CCCc3ncccc32)c1. The number of nitrogens with one attached hydrogen (secondary N) is 2. The predicted octanol–water partition coefficient (Wildman–Crippen LogP) is 2.65. The summed E-state index contributed by atoms with van der Waals surface area (Å²) in [4.78, 5) is 16.2. The molecule has 1 amide bonds. The number of aromatic nitrogens is 1. The van der Waals surface area contributed by atoms with Crippen LogP contribution in [0.5, 0.6) is 0 Å². The Hall–Kier alpha value is -2.20. The highest BCUT2D eigenvalue weighted by Gasteiger charge is 2.19. The van der Waals surface area contributed by atoms with E-state index in [1.54, 1.807) is 7.05 Å². The smallest absolute Gasteiger partial charge is 0.251 e. The van der Waals surface area contributed by atoms with Gasteiger partial charge in [0, 0.05) is 30.5 Å². The zero-order chi connectivity index (χ0) is 16.1. The largest absolute Gasteiger partial charge is 0.355 e. The van der Waals surface area contributed by atoms with Gasteiger partial charge in [-0.2, -0.15) is 0 Å². The molecule has 0 saturated carbocycles. The first-order valence-corrected chi connectivity index (χ1v) is 8.26. The molecule has 0 fully saturated rings. The van der Waals surface area contributed by atoms with E-state index < -0.39 is 0 Å². The Morgan fingerprint density at radius 1 is 1.30 bits per heavy atom. The zero-order valence-electron chi connectivity index (χ0n) is 13.5. The minimum atomic E-state index is -0.0351. The monoisotopic (exact) mass is 309 g/mol. The molecule has 0 saturated heterocycles. The number of nitrogens with zero attached hydrogens (tertiary/aromatic N) is 1. The molecule has 2 aromatic rings. The first kappa shape index (κ1) is 15.7. The molecule has 0 bridgehead atoms. The van der Waals surface area contributed by atoms with Crippen LogP contribution < -0.4 is 10.6 Å². The fourth-order valence-electron chi connectivity index (χ4n) is 3.22. The maximum atomic E-state index is 11.7. The molecule has 1 aliphatic rings. The summed E-state index contributed by atoms with van der Waals surface area (Å²) in [7, 11) is 1.66.